The number of carbonyl (C=O) groups is 1. The SMILES string of the molecule is CC1CC(C(=O)N2CC(Cl)CC2C)CO1. The summed E-state index contributed by atoms with van der Waals surface area (Å²) < 4.78 is 5.43. The van der Waals surface area contributed by atoms with Crippen molar-refractivity contribution in [1.82, 2.24) is 4.90 Å². The van der Waals surface area contributed by atoms with Crippen LogP contribution < -0.4 is 0 Å². The van der Waals surface area contributed by atoms with Crippen molar-refractivity contribution in [3.63, 3.8) is 0 Å². The Morgan fingerprint density at radius 1 is 1.40 bits per heavy atom. The number of halogens is 1. The zero-order valence-electron chi connectivity index (χ0n) is 9.28. The van der Waals surface area contributed by atoms with E-state index in [0.29, 0.717) is 13.2 Å². The summed E-state index contributed by atoms with van der Waals surface area (Å²) in [7, 11) is 0. The molecule has 0 saturated carbocycles. The lowest BCUT2D eigenvalue weighted by molar-refractivity contribution is -0.136. The average Bonchev–Trinajstić information content (AvgIpc) is 2.71. The monoisotopic (exact) mass is 231 g/mol. The lowest BCUT2D eigenvalue weighted by atomic mass is 10.0. The average molecular weight is 232 g/mol. The van der Waals surface area contributed by atoms with E-state index in [1.54, 1.807) is 0 Å². The summed E-state index contributed by atoms with van der Waals surface area (Å²) in [4.78, 5) is 14.1. The highest BCUT2D eigenvalue weighted by Crippen LogP contribution is 2.27. The molecule has 0 radical (unpaired) electrons. The number of hydrogen-bond acceptors (Lipinski definition) is 2. The molecule has 2 fully saturated rings. The zero-order valence-corrected chi connectivity index (χ0v) is 10.0. The van der Waals surface area contributed by atoms with Gasteiger partial charge in [0.2, 0.25) is 5.91 Å². The summed E-state index contributed by atoms with van der Waals surface area (Å²) in [5, 5.41) is 0.128. The molecule has 2 heterocycles. The first-order chi connectivity index (χ1) is 7.08. The minimum absolute atomic E-state index is 0.0596. The molecule has 86 valence electrons. The number of nitrogens with zero attached hydrogens (tertiary/aromatic N) is 1. The third kappa shape index (κ3) is 2.28. The summed E-state index contributed by atoms with van der Waals surface area (Å²) in [6.45, 7) is 5.37. The summed E-state index contributed by atoms with van der Waals surface area (Å²) in [5.74, 6) is 0.291. The van der Waals surface area contributed by atoms with Gasteiger partial charge in [-0.1, -0.05) is 0 Å². The molecule has 1 amide bonds. The molecule has 4 unspecified atom stereocenters. The Morgan fingerprint density at radius 3 is 2.60 bits per heavy atom. The van der Waals surface area contributed by atoms with Crippen molar-refractivity contribution in [1.29, 1.82) is 0 Å². The Morgan fingerprint density at radius 2 is 2.13 bits per heavy atom. The molecule has 0 aromatic heterocycles. The topological polar surface area (TPSA) is 29.5 Å². The molecule has 0 aliphatic carbocycles. The minimum Gasteiger partial charge on any atom is -0.378 e. The normalized spacial score (nSPS) is 41.1. The predicted molar refractivity (Wildman–Crippen MR) is 59.0 cm³/mol. The number of carbonyl (C=O) groups excluding carboxylic acids is 1. The largest absolute Gasteiger partial charge is 0.378 e. The van der Waals surface area contributed by atoms with Crippen molar-refractivity contribution in [2.75, 3.05) is 13.2 Å². The second-order valence-corrected chi connectivity index (χ2v) is 5.37. The molecular formula is C11H18ClNO2. The van der Waals surface area contributed by atoms with Crippen LogP contribution in [0.4, 0.5) is 0 Å². The van der Waals surface area contributed by atoms with E-state index < -0.39 is 0 Å². The van der Waals surface area contributed by atoms with Crippen LogP contribution in [0.25, 0.3) is 0 Å². The van der Waals surface area contributed by atoms with Gasteiger partial charge in [-0.15, -0.1) is 11.6 Å². The van der Waals surface area contributed by atoms with Crippen LogP contribution in [0.15, 0.2) is 0 Å². The lowest BCUT2D eigenvalue weighted by Gasteiger charge is -2.24. The zero-order chi connectivity index (χ0) is 11.0. The second-order valence-electron chi connectivity index (χ2n) is 4.75. The molecule has 0 N–H and O–H groups in total. The standard InChI is InChI=1S/C11H18ClNO2/c1-7-3-10(12)5-13(7)11(14)9-4-8(2)15-6-9/h7-10H,3-6H2,1-2H3. The fourth-order valence-corrected chi connectivity index (χ4v) is 2.90. The van der Waals surface area contributed by atoms with Crippen molar-refractivity contribution in [2.24, 2.45) is 5.92 Å². The molecule has 2 saturated heterocycles. The van der Waals surface area contributed by atoms with Crippen molar-refractivity contribution < 1.29 is 9.53 Å². The first-order valence-electron chi connectivity index (χ1n) is 5.64. The van der Waals surface area contributed by atoms with Crippen LogP contribution in [0.5, 0.6) is 0 Å². The maximum Gasteiger partial charge on any atom is 0.228 e. The van der Waals surface area contributed by atoms with E-state index >= 15 is 0 Å². The first kappa shape index (κ1) is 11.2. The molecule has 15 heavy (non-hydrogen) atoms. The molecule has 2 rings (SSSR count). The molecule has 0 aromatic carbocycles. The van der Waals surface area contributed by atoms with Gasteiger partial charge in [-0.3, -0.25) is 4.79 Å². The van der Waals surface area contributed by atoms with E-state index in [9.17, 15) is 4.79 Å². The maximum absolute atomic E-state index is 12.1. The Bertz CT molecular complexity index is 259. The summed E-state index contributed by atoms with van der Waals surface area (Å²) in [6.07, 6.45) is 1.99. The van der Waals surface area contributed by atoms with E-state index in [4.69, 9.17) is 16.3 Å². The van der Waals surface area contributed by atoms with E-state index in [-0.39, 0.29) is 29.3 Å². The molecule has 2 aliphatic heterocycles. The number of hydrogen-bond donors (Lipinski definition) is 0. The van der Waals surface area contributed by atoms with E-state index in [1.165, 1.54) is 0 Å². The highest BCUT2D eigenvalue weighted by Gasteiger charge is 2.37. The number of rotatable bonds is 1. The minimum atomic E-state index is 0.0596. The van der Waals surface area contributed by atoms with Crippen molar-refractivity contribution in [3.8, 4) is 0 Å². The molecule has 0 bridgehead atoms. The van der Waals surface area contributed by atoms with Gasteiger partial charge in [0.1, 0.15) is 0 Å². The van der Waals surface area contributed by atoms with Crippen LogP contribution >= 0.6 is 11.6 Å². The summed E-state index contributed by atoms with van der Waals surface area (Å²) >= 11 is 6.06. The summed E-state index contributed by atoms with van der Waals surface area (Å²) in [5.41, 5.74) is 0. The van der Waals surface area contributed by atoms with Gasteiger partial charge in [-0.25, -0.2) is 0 Å². The first-order valence-corrected chi connectivity index (χ1v) is 6.07. The van der Waals surface area contributed by atoms with Crippen LogP contribution in [0.2, 0.25) is 0 Å². The highest BCUT2D eigenvalue weighted by molar-refractivity contribution is 6.21. The van der Waals surface area contributed by atoms with Gasteiger partial charge in [0.15, 0.2) is 0 Å². The van der Waals surface area contributed by atoms with Gasteiger partial charge in [-0.05, 0) is 26.7 Å². The Labute approximate surface area is 95.7 Å². The van der Waals surface area contributed by atoms with Crippen molar-refractivity contribution in [3.05, 3.63) is 0 Å². The lowest BCUT2D eigenvalue weighted by Crippen LogP contribution is -2.39. The molecule has 2 aliphatic rings. The van der Waals surface area contributed by atoms with E-state index in [0.717, 1.165) is 12.8 Å². The van der Waals surface area contributed by atoms with Gasteiger partial charge in [-0.2, -0.15) is 0 Å². The second kappa shape index (κ2) is 4.30. The number of alkyl halides is 1. The number of ether oxygens (including phenoxy) is 1. The quantitative estimate of drug-likeness (QED) is 0.643. The number of likely N-dealkylation sites (tertiary alicyclic amines) is 1. The van der Waals surface area contributed by atoms with E-state index in [2.05, 4.69) is 6.92 Å². The van der Waals surface area contributed by atoms with Crippen LogP contribution in [0, 0.1) is 5.92 Å². The van der Waals surface area contributed by atoms with E-state index in [1.807, 2.05) is 11.8 Å². The van der Waals surface area contributed by atoms with Crippen LogP contribution in [0.1, 0.15) is 26.7 Å². The Hall–Kier alpha value is -0.280. The van der Waals surface area contributed by atoms with Crippen LogP contribution in [0.3, 0.4) is 0 Å². The fourth-order valence-electron chi connectivity index (χ4n) is 2.50. The molecule has 3 nitrogen and oxygen atoms in total. The van der Waals surface area contributed by atoms with Gasteiger partial charge in [0.05, 0.1) is 24.0 Å². The third-order valence-corrected chi connectivity index (χ3v) is 3.67. The van der Waals surface area contributed by atoms with Gasteiger partial charge >= 0.3 is 0 Å². The Kier molecular flexibility index (Phi) is 3.21. The highest BCUT2D eigenvalue weighted by atomic mass is 35.5. The molecule has 0 aromatic rings. The number of amides is 1. The fraction of sp³-hybridized carbons (Fsp3) is 0.909. The smallest absolute Gasteiger partial charge is 0.228 e. The molecular weight excluding hydrogens is 214 g/mol. The van der Waals surface area contributed by atoms with Crippen LogP contribution in [-0.2, 0) is 9.53 Å². The van der Waals surface area contributed by atoms with Gasteiger partial charge in [0.25, 0.3) is 0 Å². The third-order valence-electron chi connectivity index (χ3n) is 3.35. The van der Waals surface area contributed by atoms with Crippen molar-refractivity contribution >= 4 is 17.5 Å². The molecule has 4 atom stereocenters. The summed E-state index contributed by atoms with van der Waals surface area (Å²) in [6, 6.07) is 0.288. The van der Waals surface area contributed by atoms with Crippen molar-refractivity contribution in [2.45, 2.75) is 44.2 Å². The van der Waals surface area contributed by atoms with Gasteiger partial charge < -0.3 is 9.64 Å². The van der Waals surface area contributed by atoms with Gasteiger partial charge in [0, 0.05) is 12.6 Å². The Balaban J connectivity index is 1.96. The van der Waals surface area contributed by atoms with Crippen LogP contribution in [-0.4, -0.2) is 41.5 Å². The predicted octanol–water partition coefficient (Wildman–Crippen LogP) is 1.64. The molecule has 4 heteroatoms. The maximum atomic E-state index is 12.1. The molecule has 0 spiro atoms.